The van der Waals surface area contributed by atoms with Crippen LogP contribution in [0.25, 0.3) is 0 Å². The summed E-state index contributed by atoms with van der Waals surface area (Å²) in [6.07, 6.45) is 6.44. The maximum absolute atomic E-state index is 12.3. The molecule has 2 heterocycles. The molecule has 0 aromatic heterocycles. The Morgan fingerprint density at radius 3 is 2.66 bits per heavy atom. The van der Waals surface area contributed by atoms with Crippen LogP contribution in [-0.4, -0.2) is 60.3 Å². The van der Waals surface area contributed by atoms with Crippen molar-refractivity contribution in [2.75, 3.05) is 32.7 Å². The van der Waals surface area contributed by atoms with Gasteiger partial charge in [0.1, 0.15) is 0 Å². The van der Waals surface area contributed by atoms with Gasteiger partial charge in [0.25, 0.3) is 0 Å². The van der Waals surface area contributed by atoms with Gasteiger partial charge in [0, 0.05) is 31.1 Å². The Labute approximate surface area is 175 Å². The van der Waals surface area contributed by atoms with Crippen LogP contribution >= 0.6 is 0 Å². The van der Waals surface area contributed by atoms with Crippen molar-refractivity contribution in [1.29, 1.82) is 0 Å². The minimum absolute atomic E-state index is 0.124. The Balaban J connectivity index is 1.33. The second kappa shape index (κ2) is 10.9. The van der Waals surface area contributed by atoms with E-state index in [1.807, 2.05) is 18.2 Å². The van der Waals surface area contributed by atoms with Crippen LogP contribution in [0.15, 0.2) is 24.3 Å². The molecule has 1 aromatic carbocycles. The third kappa shape index (κ3) is 6.65. The van der Waals surface area contributed by atoms with Crippen LogP contribution in [0, 0.1) is 5.92 Å². The molecule has 0 unspecified atom stereocenters. The number of hydrogen-bond acceptors (Lipinski definition) is 4. The van der Waals surface area contributed by atoms with Gasteiger partial charge in [-0.15, -0.1) is 0 Å². The molecule has 2 fully saturated rings. The number of piperidine rings is 1. The summed E-state index contributed by atoms with van der Waals surface area (Å²) in [6, 6.07) is 8.52. The number of carbonyl (C=O) groups excluding carboxylic acids is 2. The lowest BCUT2D eigenvalue weighted by Crippen LogP contribution is -2.40. The minimum Gasteiger partial charge on any atom is -0.355 e. The zero-order valence-corrected chi connectivity index (χ0v) is 18.2. The number of nitrogens with zero attached hydrogens (tertiary/aromatic N) is 2. The maximum Gasteiger partial charge on any atom is 0.220 e. The monoisotopic (exact) mass is 399 g/mol. The first-order valence-electron chi connectivity index (χ1n) is 11.4. The lowest BCUT2D eigenvalue weighted by atomic mass is 9.91. The van der Waals surface area contributed by atoms with Gasteiger partial charge in [-0.2, -0.15) is 0 Å². The molecule has 1 amide bonds. The molecule has 0 radical (unpaired) electrons. The lowest BCUT2D eigenvalue weighted by Gasteiger charge is -2.32. The van der Waals surface area contributed by atoms with Gasteiger partial charge in [0.2, 0.25) is 5.91 Å². The summed E-state index contributed by atoms with van der Waals surface area (Å²) >= 11 is 0. The molecular formula is C24H37N3O2. The Bertz CT molecular complexity index is 682. The number of likely N-dealkylation sites (tertiary alicyclic amines) is 2. The van der Waals surface area contributed by atoms with Crippen LogP contribution in [-0.2, 0) is 11.3 Å². The molecule has 0 saturated carbocycles. The molecule has 0 spiro atoms. The van der Waals surface area contributed by atoms with Crippen LogP contribution < -0.4 is 5.32 Å². The Hall–Kier alpha value is -1.72. The number of rotatable bonds is 9. The number of likely N-dealkylation sites (N-methyl/N-ethyl adjacent to an activating group) is 1. The number of benzene rings is 1. The first-order valence-corrected chi connectivity index (χ1v) is 11.4. The van der Waals surface area contributed by atoms with Crippen LogP contribution in [0.3, 0.4) is 0 Å². The highest BCUT2D eigenvalue weighted by Gasteiger charge is 2.24. The number of Topliss-reactive ketones (excluding diaryl/α,β-unsaturated/α-hetero) is 1. The summed E-state index contributed by atoms with van der Waals surface area (Å²) in [5.74, 6) is 0.995. The van der Waals surface area contributed by atoms with E-state index < -0.39 is 0 Å². The van der Waals surface area contributed by atoms with Gasteiger partial charge in [0.05, 0.1) is 0 Å². The number of nitrogens with one attached hydrogen (secondary N) is 1. The molecule has 3 rings (SSSR count). The van der Waals surface area contributed by atoms with Crippen molar-refractivity contribution < 1.29 is 9.59 Å². The van der Waals surface area contributed by atoms with Crippen molar-refractivity contribution in [3.05, 3.63) is 35.4 Å². The van der Waals surface area contributed by atoms with Crippen LogP contribution in [0.2, 0.25) is 0 Å². The van der Waals surface area contributed by atoms with E-state index >= 15 is 0 Å². The van der Waals surface area contributed by atoms with Gasteiger partial charge in [-0.1, -0.05) is 25.1 Å². The minimum atomic E-state index is 0.124. The van der Waals surface area contributed by atoms with Crippen molar-refractivity contribution in [3.8, 4) is 0 Å². The maximum atomic E-state index is 12.3. The van der Waals surface area contributed by atoms with Gasteiger partial charge < -0.3 is 5.32 Å². The molecule has 1 aromatic rings. The number of amides is 1. The third-order valence-electron chi connectivity index (χ3n) is 6.67. The fourth-order valence-corrected chi connectivity index (χ4v) is 4.78. The molecule has 1 atom stereocenters. The van der Waals surface area contributed by atoms with Crippen molar-refractivity contribution in [2.24, 2.45) is 5.92 Å². The Morgan fingerprint density at radius 2 is 1.93 bits per heavy atom. The molecular weight excluding hydrogens is 362 g/mol. The van der Waals surface area contributed by atoms with E-state index in [9.17, 15) is 9.59 Å². The summed E-state index contributed by atoms with van der Waals surface area (Å²) in [5.41, 5.74) is 2.01. The molecule has 5 nitrogen and oxygen atoms in total. The summed E-state index contributed by atoms with van der Waals surface area (Å²) < 4.78 is 0. The van der Waals surface area contributed by atoms with Gasteiger partial charge in [0.15, 0.2) is 5.78 Å². The van der Waals surface area contributed by atoms with E-state index in [2.05, 4.69) is 28.1 Å². The Morgan fingerprint density at radius 1 is 1.14 bits per heavy atom. The van der Waals surface area contributed by atoms with Gasteiger partial charge in [-0.25, -0.2) is 0 Å². The van der Waals surface area contributed by atoms with Crippen molar-refractivity contribution in [1.82, 2.24) is 15.1 Å². The first-order chi connectivity index (χ1) is 14.0. The number of hydrogen-bond donors (Lipinski definition) is 1. The lowest BCUT2D eigenvalue weighted by molar-refractivity contribution is -0.121. The first kappa shape index (κ1) is 22.0. The molecule has 29 heavy (non-hydrogen) atoms. The van der Waals surface area contributed by atoms with Gasteiger partial charge >= 0.3 is 0 Å². The zero-order valence-electron chi connectivity index (χ0n) is 18.2. The zero-order chi connectivity index (χ0) is 20.6. The standard InChI is InChI=1S/C24H37N3O2/c1-3-27-13-5-8-23(27)17-25-24(29)10-9-20-11-14-26(15-12-20)18-21-6-4-7-22(16-21)19(2)28/h4,6-7,16,20,23H,3,5,8-15,17-18H2,1-2H3,(H,25,29)/t23-/m1/s1. The fraction of sp³-hybridized carbons (Fsp3) is 0.667. The summed E-state index contributed by atoms with van der Waals surface area (Å²) in [5, 5.41) is 3.17. The van der Waals surface area contributed by atoms with Crippen molar-refractivity contribution in [3.63, 3.8) is 0 Å². The fourth-order valence-electron chi connectivity index (χ4n) is 4.78. The average Bonchev–Trinajstić information content (AvgIpc) is 3.19. The Kier molecular flexibility index (Phi) is 8.25. The smallest absolute Gasteiger partial charge is 0.220 e. The van der Waals surface area contributed by atoms with E-state index in [-0.39, 0.29) is 11.7 Å². The topological polar surface area (TPSA) is 52.7 Å². The second-order valence-corrected chi connectivity index (χ2v) is 8.74. The number of carbonyl (C=O) groups is 2. The van der Waals surface area contributed by atoms with Crippen LogP contribution in [0.5, 0.6) is 0 Å². The molecule has 160 valence electrons. The predicted octanol–water partition coefficient (Wildman–Crippen LogP) is 3.48. The third-order valence-corrected chi connectivity index (χ3v) is 6.67. The van der Waals surface area contributed by atoms with E-state index in [0.717, 1.165) is 57.5 Å². The highest BCUT2D eigenvalue weighted by Crippen LogP contribution is 2.23. The quantitative estimate of drug-likeness (QED) is 0.646. The largest absolute Gasteiger partial charge is 0.355 e. The summed E-state index contributed by atoms with van der Waals surface area (Å²) in [7, 11) is 0. The number of ketones is 1. The van der Waals surface area contributed by atoms with Crippen LogP contribution in [0.1, 0.15) is 68.3 Å². The van der Waals surface area contributed by atoms with Crippen molar-refractivity contribution in [2.45, 2.75) is 65.0 Å². The highest BCUT2D eigenvalue weighted by atomic mass is 16.1. The molecule has 2 aliphatic heterocycles. The molecule has 0 bridgehead atoms. The van der Waals surface area contributed by atoms with E-state index in [4.69, 9.17) is 0 Å². The van der Waals surface area contributed by atoms with Gasteiger partial charge in [-0.05, 0) is 82.8 Å². The summed E-state index contributed by atoms with van der Waals surface area (Å²) in [4.78, 5) is 28.8. The van der Waals surface area contributed by atoms with E-state index in [1.54, 1.807) is 6.92 Å². The van der Waals surface area contributed by atoms with E-state index in [1.165, 1.54) is 24.9 Å². The van der Waals surface area contributed by atoms with Crippen LogP contribution in [0.4, 0.5) is 0 Å². The normalized spacial score (nSPS) is 21.4. The van der Waals surface area contributed by atoms with Crippen molar-refractivity contribution >= 4 is 11.7 Å². The highest BCUT2D eigenvalue weighted by molar-refractivity contribution is 5.94. The molecule has 2 saturated heterocycles. The summed E-state index contributed by atoms with van der Waals surface area (Å²) in [6.45, 7) is 9.94. The molecule has 5 heteroatoms. The average molecular weight is 400 g/mol. The second-order valence-electron chi connectivity index (χ2n) is 8.74. The predicted molar refractivity (Wildman–Crippen MR) is 117 cm³/mol. The molecule has 0 aliphatic carbocycles. The molecule has 2 aliphatic rings. The van der Waals surface area contributed by atoms with Gasteiger partial charge in [-0.3, -0.25) is 19.4 Å². The van der Waals surface area contributed by atoms with E-state index in [0.29, 0.717) is 18.4 Å². The SMILES string of the molecule is CCN1CCC[C@@H]1CNC(=O)CCC1CCN(Cc2cccc(C(C)=O)c2)CC1. The molecule has 1 N–H and O–H groups in total.